The number of esters is 1. The van der Waals surface area contributed by atoms with Crippen molar-refractivity contribution in [1.82, 2.24) is 0 Å². The van der Waals surface area contributed by atoms with Crippen LogP contribution in [0.4, 0.5) is 14.5 Å². The first-order chi connectivity index (χ1) is 8.38. The maximum absolute atomic E-state index is 12.9. The van der Waals surface area contributed by atoms with Gasteiger partial charge in [0.15, 0.2) is 0 Å². The van der Waals surface area contributed by atoms with Crippen molar-refractivity contribution in [2.75, 3.05) is 11.9 Å². The molecule has 2 rings (SSSR count). The molecule has 0 bridgehead atoms. The summed E-state index contributed by atoms with van der Waals surface area (Å²) in [6.07, 6.45) is -1.32. The second kappa shape index (κ2) is 4.55. The van der Waals surface area contributed by atoms with Gasteiger partial charge in [-0.15, -0.1) is 0 Å². The molecule has 0 saturated carbocycles. The molecule has 0 aliphatic carbocycles. The van der Waals surface area contributed by atoms with Gasteiger partial charge in [-0.25, -0.2) is 4.79 Å². The summed E-state index contributed by atoms with van der Waals surface area (Å²) in [6, 6.07) is 5.82. The molecule has 1 unspecified atom stereocenters. The first kappa shape index (κ1) is 12.8. The summed E-state index contributed by atoms with van der Waals surface area (Å²) in [7, 11) is 0. The highest BCUT2D eigenvalue weighted by atomic mass is 19.3. The third-order valence-corrected chi connectivity index (χ3v) is 2.96. The second-order valence-corrected chi connectivity index (χ2v) is 4.64. The minimum Gasteiger partial charge on any atom is -0.456 e. The lowest BCUT2D eigenvalue weighted by Crippen LogP contribution is -2.22. The average molecular weight is 255 g/mol. The van der Waals surface area contributed by atoms with Crippen molar-refractivity contribution in [1.29, 1.82) is 0 Å². The monoisotopic (exact) mass is 255 g/mol. The first-order valence-electron chi connectivity index (χ1n) is 5.78. The highest BCUT2D eigenvalue weighted by Crippen LogP contribution is 2.31. The SMILES string of the molecule is Cc1ccc(NCC2CC(F)(F)C(=O)O2)c(C)c1. The lowest BCUT2D eigenvalue weighted by Gasteiger charge is -2.13. The van der Waals surface area contributed by atoms with Crippen molar-refractivity contribution >= 4 is 11.7 Å². The minimum atomic E-state index is -3.34. The maximum Gasteiger partial charge on any atom is 0.377 e. The molecule has 1 N–H and O–H groups in total. The zero-order valence-electron chi connectivity index (χ0n) is 10.3. The van der Waals surface area contributed by atoms with E-state index in [9.17, 15) is 13.6 Å². The number of rotatable bonds is 3. The molecule has 1 heterocycles. The molecular weight excluding hydrogens is 240 g/mol. The molecule has 1 aliphatic heterocycles. The number of alkyl halides is 2. The minimum absolute atomic E-state index is 0.200. The Morgan fingerprint density at radius 2 is 2.17 bits per heavy atom. The Kier molecular flexibility index (Phi) is 3.24. The van der Waals surface area contributed by atoms with Gasteiger partial charge in [0.1, 0.15) is 6.10 Å². The Morgan fingerprint density at radius 3 is 2.72 bits per heavy atom. The van der Waals surface area contributed by atoms with Crippen LogP contribution in [0.1, 0.15) is 17.5 Å². The van der Waals surface area contributed by atoms with E-state index in [1.54, 1.807) is 0 Å². The largest absolute Gasteiger partial charge is 0.456 e. The summed E-state index contributed by atoms with van der Waals surface area (Å²) >= 11 is 0. The number of carbonyl (C=O) groups is 1. The molecule has 0 aromatic heterocycles. The van der Waals surface area contributed by atoms with Crippen molar-refractivity contribution in [3.8, 4) is 0 Å². The molecule has 1 aromatic rings. The summed E-state index contributed by atoms with van der Waals surface area (Å²) < 4.78 is 30.5. The van der Waals surface area contributed by atoms with Crippen molar-refractivity contribution in [2.24, 2.45) is 0 Å². The van der Waals surface area contributed by atoms with Gasteiger partial charge in [-0.2, -0.15) is 8.78 Å². The Labute approximate surface area is 104 Å². The van der Waals surface area contributed by atoms with E-state index in [2.05, 4.69) is 10.1 Å². The van der Waals surface area contributed by atoms with E-state index < -0.39 is 24.4 Å². The lowest BCUT2D eigenvalue weighted by molar-refractivity contribution is -0.158. The summed E-state index contributed by atoms with van der Waals surface area (Å²) in [5.74, 6) is -4.76. The standard InChI is InChI=1S/C13H15F2NO2/c1-8-3-4-11(9(2)5-8)16-7-10-6-13(14,15)12(17)18-10/h3-5,10,16H,6-7H2,1-2H3. The van der Waals surface area contributed by atoms with E-state index in [1.807, 2.05) is 32.0 Å². The Hall–Kier alpha value is -1.65. The van der Waals surface area contributed by atoms with E-state index in [1.165, 1.54) is 0 Å². The van der Waals surface area contributed by atoms with Crippen molar-refractivity contribution in [2.45, 2.75) is 32.3 Å². The number of hydrogen-bond donors (Lipinski definition) is 1. The van der Waals surface area contributed by atoms with Gasteiger partial charge in [0.05, 0.1) is 13.0 Å². The van der Waals surface area contributed by atoms with Gasteiger partial charge in [-0.1, -0.05) is 17.7 Å². The number of halogens is 2. The number of ether oxygens (including phenoxy) is 1. The van der Waals surface area contributed by atoms with Gasteiger partial charge < -0.3 is 10.1 Å². The molecule has 3 nitrogen and oxygen atoms in total. The molecular formula is C13H15F2NO2. The predicted octanol–water partition coefficient (Wildman–Crippen LogP) is 2.67. The fourth-order valence-electron chi connectivity index (χ4n) is 2.00. The quantitative estimate of drug-likeness (QED) is 0.844. The van der Waals surface area contributed by atoms with Crippen LogP contribution in [-0.4, -0.2) is 24.5 Å². The van der Waals surface area contributed by atoms with Crippen LogP contribution in [-0.2, 0) is 9.53 Å². The number of cyclic esters (lactones) is 1. The van der Waals surface area contributed by atoms with Gasteiger partial charge in [0.25, 0.3) is 0 Å². The number of hydrogen-bond acceptors (Lipinski definition) is 3. The van der Waals surface area contributed by atoms with Crippen LogP contribution in [0.25, 0.3) is 0 Å². The highest BCUT2D eigenvalue weighted by Gasteiger charge is 2.50. The van der Waals surface area contributed by atoms with Crippen LogP contribution in [0, 0.1) is 13.8 Å². The lowest BCUT2D eigenvalue weighted by atomic mass is 10.1. The summed E-state index contributed by atoms with van der Waals surface area (Å²) in [4.78, 5) is 10.8. The van der Waals surface area contributed by atoms with Crippen LogP contribution in [0.3, 0.4) is 0 Å². The highest BCUT2D eigenvalue weighted by molar-refractivity contribution is 5.79. The van der Waals surface area contributed by atoms with E-state index in [4.69, 9.17) is 0 Å². The molecule has 1 aliphatic rings. The third kappa shape index (κ3) is 2.60. The molecule has 0 amide bonds. The summed E-state index contributed by atoms with van der Waals surface area (Å²) in [5.41, 5.74) is 3.04. The van der Waals surface area contributed by atoms with E-state index in [0.29, 0.717) is 0 Å². The van der Waals surface area contributed by atoms with Crippen LogP contribution >= 0.6 is 0 Å². The zero-order valence-corrected chi connectivity index (χ0v) is 10.3. The molecule has 0 radical (unpaired) electrons. The normalized spacial score (nSPS) is 21.8. The fourth-order valence-corrected chi connectivity index (χ4v) is 2.00. The third-order valence-electron chi connectivity index (χ3n) is 2.96. The van der Waals surface area contributed by atoms with Gasteiger partial charge in [-0.3, -0.25) is 0 Å². The molecule has 1 atom stereocenters. The van der Waals surface area contributed by atoms with Crippen LogP contribution < -0.4 is 5.32 Å². The van der Waals surface area contributed by atoms with E-state index in [0.717, 1.165) is 16.8 Å². The van der Waals surface area contributed by atoms with Crippen molar-refractivity contribution in [3.05, 3.63) is 29.3 Å². The molecule has 98 valence electrons. The number of nitrogens with one attached hydrogen (secondary N) is 1. The van der Waals surface area contributed by atoms with E-state index >= 15 is 0 Å². The van der Waals surface area contributed by atoms with Gasteiger partial charge in [0.2, 0.25) is 0 Å². The fraction of sp³-hybridized carbons (Fsp3) is 0.462. The second-order valence-electron chi connectivity index (χ2n) is 4.64. The Morgan fingerprint density at radius 1 is 1.44 bits per heavy atom. The van der Waals surface area contributed by atoms with Crippen LogP contribution in [0.2, 0.25) is 0 Å². The molecule has 5 heteroatoms. The summed E-state index contributed by atoms with van der Waals surface area (Å²) in [6.45, 7) is 4.12. The van der Waals surface area contributed by atoms with Crippen LogP contribution in [0.5, 0.6) is 0 Å². The van der Waals surface area contributed by atoms with Crippen LogP contribution in [0.15, 0.2) is 18.2 Å². The van der Waals surface area contributed by atoms with Gasteiger partial charge in [0, 0.05) is 5.69 Å². The topological polar surface area (TPSA) is 38.3 Å². The zero-order chi connectivity index (χ0) is 13.3. The predicted molar refractivity (Wildman–Crippen MR) is 63.8 cm³/mol. The van der Waals surface area contributed by atoms with Gasteiger partial charge in [-0.05, 0) is 25.5 Å². The number of aryl methyl sites for hydroxylation is 2. The molecule has 0 spiro atoms. The van der Waals surface area contributed by atoms with E-state index in [-0.39, 0.29) is 6.54 Å². The Balaban J connectivity index is 1.95. The Bertz CT molecular complexity index is 474. The van der Waals surface area contributed by atoms with Crippen molar-refractivity contribution < 1.29 is 18.3 Å². The number of carbonyl (C=O) groups excluding carboxylic acids is 1. The molecule has 1 aromatic carbocycles. The first-order valence-corrected chi connectivity index (χ1v) is 5.78. The summed E-state index contributed by atoms with van der Waals surface area (Å²) in [5, 5.41) is 3.03. The number of benzene rings is 1. The molecule has 1 saturated heterocycles. The molecule has 18 heavy (non-hydrogen) atoms. The average Bonchev–Trinajstić information content (AvgIpc) is 2.51. The van der Waals surface area contributed by atoms with Crippen molar-refractivity contribution in [3.63, 3.8) is 0 Å². The number of anilines is 1. The molecule has 1 fully saturated rings. The van der Waals surface area contributed by atoms with Gasteiger partial charge >= 0.3 is 11.9 Å². The smallest absolute Gasteiger partial charge is 0.377 e. The maximum atomic E-state index is 12.9.